The summed E-state index contributed by atoms with van der Waals surface area (Å²) in [5, 5.41) is 0.944. The van der Waals surface area contributed by atoms with Crippen LogP contribution >= 0.6 is 15.9 Å². The fraction of sp³-hybridized carbons (Fsp3) is 0.600. The van der Waals surface area contributed by atoms with Crippen molar-refractivity contribution < 1.29 is 0 Å². The van der Waals surface area contributed by atoms with Crippen molar-refractivity contribution in [2.24, 2.45) is 0 Å². The minimum atomic E-state index is 0.690. The second kappa shape index (κ2) is 6.07. The van der Waals surface area contributed by atoms with E-state index in [2.05, 4.69) is 64.8 Å². The molecule has 1 unspecified atom stereocenters. The summed E-state index contributed by atoms with van der Waals surface area (Å²) < 4.78 is 0. The molecular weight excluding hydrogens is 288 g/mol. The molecule has 1 aromatic carbocycles. The van der Waals surface area contributed by atoms with E-state index in [1.54, 1.807) is 0 Å². The van der Waals surface area contributed by atoms with Crippen molar-refractivity contribution in [3.05, 3.63) is 29.3 Å². The number of piperazine rings is 1. The van der Waals surface area contributed by atoms with Gasteiger partial charge in [-0.05, 0) is 43.7 Å². The van der Waals surface area contributed by atoms with Crippen LogP contribution in [0.15, 0.2) is 18.2 Å². The minimum Gasteiger partial charge on any atom is -0.369 e. The number of rotatable bonds is 3. The van der Waals surface area contributed by atoms with Crippen LogP contribution in [-0.4, -0.2) is 37.6 Å². The molecule has 0 aliphatic carbocycles. The largest absolute Gasteiger partial charge is 0.369 e. The molecule has 1 aromatic rings. The molecule has 1 saturated heterocycles. The van der Waals surface area contributed by atoms with Crippen LogP contribution in [0.25, 0.3) is 0 Å². The molecule has 3 heteroatoms. The van der Waals surface area contributed by atoms with E-state index in [1.165, 1.54) is 23.2 Å². The van der Waals surface area contributed by atoms with Crippen molar-refractivity contribution in [1.29, 1.82) is 0 Å². The van der Waals surface area contributed by atoms with Gasteiger partial charge < -0.3 is 4.90 Å². The lowest BCUT2D eigenvalue weighted by atomic mass is 10.1. The van der Waals surface area contributed by atoms with Crippen molar-refractivity contribution in [3.63, 3.8) is 0 Å². The predicted molar refractivity (Wildman–Crippen MR) is 82.7 cm³/mol. The SMILES string of the molecule is CCC1CN(c2ccc(CBr)c(C)c2)CCN1C. The Morgan fingerprint density at radius 3 is 2.72 bits per heavy atom. The Bertz CT molecular complexity index is 405. The Morgan fingerprint density at radius 1 is 1.33 bits per heavy atom. The number of nitrogens with zero attached hydrogens (tertiary/aromatic N) is 2. The highest BCUT2D eigenvalue weighted by molar-refractivity contribution is 9.08. The fourth-order valence-electron chi connectivity index (χ4n) is 2.65. The molecule has 1 aliphatic heterocycles. The lowest BCUT2D eigenvalue weighted by Crippen LogP contribution is -2.51. The average molecular weight is 311 g/mol. The maximum Gasteiger partial charge on any atom is 0.0370 e. The van der Waals surface area contributed by atoms with Crippen LogP contribution in [0.2, 0.25) is 0 Å². The summed E-state index contributed by atoms with van der Waals surface area (Å²) in [4.78, 5) is 5.01. The van der Waals surface area contributed by atoms with Crippen LogP contribution in [0, 0.1) is 6.92 Å². The molecule has 1 heterocycles. The van der Waals surface area contributed by atoms with Crippen LogP contribution < -0.4 is 4.90 Å². The molecule has 1 aliphatic rings. The average Bonchev–Trinajstić information content (AvgIpc) is 2.39. The maximum absolute atomic E-state index is 3.54. The second-order valence-electron chi connectivity index (χ2n) is 5.23. The smallest absolute Gasteiger partial charge is 0.0370 e. The van der Waals surface area contributed by atoms with Crippen molar-refractivity contribution >= 4 is 21.6 Å². The molecule has 0 spiro atoms. The Balaban J connectivity index is 2.14. The van der Waals surface area contributed by atoms with Gasteiger partial charge in [-0.2, -0.15) is 0 Å². The van der Waals surface area contributed by atoms with E-state index in [9.17, 15) is 0 Å². The summed E-state index contributed by atoms with van der Waals surface area (Å²) in [7, 11) is 2.24. The molecule has 1 fully saturated rings. The molecule has 1 atom stereocenters. The number of anilines is 1. The van der Waals surface area contributed by atoms with Gasteiger partial charge in [0, 0.05) is 36.7 Å². The lowest BCUT2D eigenvalue weighted by molar-refractivity contribution is 0.213. The number of hydrogen-bond donors (Lipinski definition) is 0. The number of halogens is 1. The van der Waals surface area contributed by atoms with Gasteiger partial charge in [-0.15, -0.1) is 0 Å². The fourth-order valence-corrected chi connectivity index (χ4v) is 3.28. The van der Waals surface area contributed by atoms with Crippen LogP contribution in [-0.2, 0) is 5.33 Å². The van der Waals surface area contributed by atoms with Gasteiger partial charge in [-0.1, -0.05) is 28.9 Å². The molecule has 0 bridgehead atoms. The third-order valence-corrected chi connectivity index (χ3v) is 4.69. The molecule has 100 valence electrons. The summed E-state index contributed by atoms with van der Waals surface area (Å²) >= 11 is 3.54. The lowest BCUT2D eigenvalue weighted by Gasteiger charge is -2.40. The van der Waals surface area contributed by atoms with Crippen molar-refractivity contribution in [1.82, 2.24) is 4.90 Å². The number of hydrogen-bond acceptors (Lipinski definition) is 2. The first-order chi connectivity index (χ1) is 8.65. The molecule has 0 saturated carbocycles. The third kappa shape index (κ3) is 2.89. The van der Waals surface area contributed by atoms with Gasteiger partial charge in [-0.25, -0.2) is 0 Å². The normalized spacial score (nSPS) is 21.3. The van der Waals surface area contributed by atoms with E-state index in [-0.39, 0.29) is 0 Å². The molecule has 0 radical (unpaired) electrons. The summed E-state index contributed by atoms with van der Waals surface area (Å²) in [6.45, 7) is 7.94. The first kappa shape index (κ1) is 13.9. The summed E-state index contributed by atoms with van der Waals surface area (Å²) in [6.07, 6.45) is 1.23. The van der Waals surface area contributed by atoms with E-state index in [0.29, 0.717) is 6.04 Å². The number of benzene rings is 1. The van der Waals surface area contributed by atoms with Gasteiger partial charge in [0.15, 0.2) is 0 Å². The molecule has 0 N–H and O–H groups in total. The quantitative estimate of drug-likeness (QED) is 0.789. The Morgan fingerprint density at radius 2 is 2.11 bits per heavy atom. The monoisotopic (exact) mass is 310 g/mol. The van der Waals surface area contributed by atoms with Crippen LogP contribution in [0.1, 0.15) is 24.5 Å². The van der Waals surface area contributed by atoms with Gasteiger partial charge in [0.2, 0.25) is 0 Å². The first-order valence-corrected chi connectivity index (χ1v) is 7.88. The van der Waals surface area contributed by atoms with Crippen molar-refractivity contribution in [3.8, 4) is 0 Å². The zero-order valence-electron chi connectivity index (χ0n) is 11.6. The van der Waals surface area contributed by atoms with Crippen LogP contribution in [0.4, 0.5) is 5.69 Å². The summed E-state index contributed by atoms with van der Waals surface area (Å²) in [5.74, 6) is 0. The van der Waals surface area contributed by atoms with Gasteiger partial charge in [-0.3, -0.25) is 4.90 Å². The highest BCUT2D eigenvalue weighted by atomic mass is 79.9. The highest BCUT2D eigenvalue weighted by Gasteiger charge is 2.23. The van der Waals surface area contributed by atoms with Gasteiger partial charge in [0.05, 0.1) is 0 Å². The molecule has 2 nitrogen and oxygen atoms in total. The van der Waals surface area contributed by atoms with Crippen molar-refractivity contribution in [2.45, 2.75) is 31.6 Å². The predicted octanol–water partition coefficient (Wildman–Crippen LogP) is 3.42. The van der Waals surface area contributed by atoms with Gasteiger partial charge in [0.25, 0.3) is 0 Å². The number of aryl methyl sites for hydroxylation is 1. The van der Waals surface area contributed by atoms with Crippen LogP contribution in [0.3, 0.4) is 0 Å². The highest BCUT2D eigenvalue weighted by Crippen LogP contribution is 2.23. The Labute approximate surface area is 119 Å². The van der Waals surface area contributed by atoms with Gasteiger partial charge in [0.1, 0.15) is 0 Å². The maximum atomic E-state index is 3.54. The molecule has 2 rings (SSSR count). The standard InChI is InChI=1S/C15H23BrN2/c1-4-14-11-18(8-7-17(14)3)15-6-5-13(10-16)12(2)9-15/h5-6,9,14H,4,7-8,10-11H2,1-3H3. The van der Waals surface area contributed by atoms with E-state index in [4.69, 9.17) is 0 Å². The minimum absolute atomic E-state index is 0.690. The molecule has 0 aromatic heterocycles. The number of alkyl halides is 1. The Kier molecular flexibility index (Phi) is 4.68. The van der Waals surface area contributed by atoms with Crippen molar-refractivity contribution in [2.75, 3.05) is 31.6 Å². The Hall–Kier alpha value is -0.540. The zero-order valence-corrected chi connectivity index (χ0v) is 13.2. The summed E-state index contributed by atoms with van der Waals surface area (Å²) in [5.41, 5.74) is 4.15. The molecular formula is C15H23BrN2. The molecule has 18 heavy (non-hydrogen) atoms. The topological polar surface area (TPSA) is 6.48 Å². The van der Waals surface area contributed by atoms with E-state index >= 15 is 0 Å². The zero-order chi connectivity index (χ0) is 13.1. The van der Waals surface area contributed by atoms with E-state index in [1.807, 2.05) is 0 Å². The second-order valence-corrected chi connectivity index (χ2v) is 5.79. The molecule has 0 amide bonds. The number of likely N-dealkylation sites (N-methyl/N-ethyl adjacent to an activating group) is 1. The first-order valence-electron chi connectivity index (χ1n) is 6.76. The summed E-state index contributed by atoms with van der Waals surface area (Å²) in [6, 6.07) is 7.53. The van der Waals surface area contributed by atoms with Crippen LogP contribution in [0.5, 0.6) is 0 Å². The third-order valence-electron chi connectivity index (χ3n) is 4.08. The van der Waals surface area contributed by atoms with E-state index < -0.39 is 0 Å². The van der Waals surface area contributed by atoms with E-state index in [0.717, 1.165) is 25.0 Å². The van der Waals surface area contributed by atoms with Gasteiger partial charge >= 0.3 is 0 Å².